The second-order valence-electron chi connectivity index (χ2n) is 6.29. The molecular formula is C20H17ClN2O3. The fourth-order valence-corrected chi connectivity index (χ4v) is 3.51. The lowest BCUT2D eigenvalue weighted by Gasteiger charge is -2.22. The van der Waals surface area contributed by atoms with Gasteiger partial charge in [0, 0.05) is 6.20 Å². The first-order valence-corrected chi connectivity index (χ1v) is 8.78. The summed E-state index contributed by atoms with van der Waals surface area (Å²) in [5.41, 5.74) is 1.31. The zero-order chi connectivity index (χ0) is 18.3. The first kappa shape index (κ1) is 16.7. The summed E-state index contributed by atoms with van der Waals surface area (Å²) in [6.07, 6.45) is 1.60. The molecule has 1 aromatic heterocycles. The molecule has 0 fully saturated rings. The molecule has 1 amide bonds. The molecule has 2 heterocycles. The fraction of sp³-hybridized carbons (Fsp3) is 0.200. The van der Waals surface area contributed by atoms with Crippen molar-refractivity contribution >= 4 is 28.4 Å². The van der Waals surface area contributed by atoms with E-state index < -0.39 is 5.91 Å². The topological polar surface area (TPSA) is 60.3 Å². The second-order valence-corrected chi connectivity index (χ2v) is 6.70. The summed E-state index contributed by atoms with van der Waals surface area (Å²) in [5.74, 6) is 0.197. The molecule has 1 unspecified atom stereocenters. The number of carbonyl (C=O) groups is 1. The van der Waals surface area contributed by atoms with Crippen molar-refractivity contribution in [3.05, 3.63) is 75.0 Å². The molecule has 4 rings (SSSR count). The molecule has 0 radical (unpaired) electrons. The number of hydrogen-bond acceptors (Lipinski definition) is 3. The van der Waals surface area contributed by atoms with Crippen LogP contribution in [0, 0.1) is 0 Å². The number of benzene rings is 2. The molecule has 1 aliphatic rings. The lowest BCUT2D eigenvalue weighted by Crippen LogP contribution is -2.32. The monoisotopic (exact) mass is 368 g/mol. The average molecular weight is 369 g/mol. The van der Waals surface area contributed by atoms with Gasteiger partial charge in [-0.05, 0) is 24.6 Å². The van der Waals surface area contributed by atoms with Gasteiger partial charge in [0.1, 0.15) is 17.9 Å². The van der Waals surface area contributed by atoms with Crippen molar-refractivity contribution in [1.29, 1.82) is 0 Å². The Morgan fingerprint density at radius 3 is 2.77 bits per heavy atom. The number of aromatic nitrogens is 1. The highest BCUT2D eigenvalue weighted by Gasteiger charge is 2.23. The van der Waals surface area contributed by atoms with Crippen molar-refractivity contribution in [2.75, 3.05) is 6.61 Å². The number of nitrogens with zero attached hydrogens (tertiary/aromatic N) is 1. The average Bonchev–Trinajstić information content (AvgIpc) is 2.66. The zero-order valence-corrected chi connectivity index (χ0v) is 14.9. The molecule has 1 N–H and O–H groups in total. The van der Waals surface area contributed by atoms with Crippen LogP contribution in [-0.4, -0.2) is 17.1 Å². The first-order chi connectivity index (χ1) is 12.6. The summed E-state index contributed by atoms with van der Waals surface area (Å²) >= 11 is 6.27. The van der Waals surface area contributed by atoms with Gasteiger partial charge in [0.05, 0.1) is 28.5 Å². The largest absolute Gasteiger partial charge is 0.490 e. The van der Waals surface area contributed by atoms with Crippen LogP contribution in [0.2, 0.25) is 5.02 Å². The molecular weight excluding hydrogens is 352 g/mol. The predicted molar refractivity (Wildman–Crippen MR) is 101 cm³/mol. The van der Waals surface area contributed by atoms with Gasteiger partial charge in [-0.3, -0.25) is 9.59 Å². The van der Waals surface area contributed by atoms with Crippen LogP contribution < -0.4 is 15.5 Å². The van der Waals surface area contributed by atoms with Crippen LogP contribution in [0.25, 0.3) is 10.9 Å². The molecule has 0 aliphatic carbocycles. The van der Waals surface area contributed by atoms with E-state index in [9.17, 15) is 9.59 Å². The summed E-state index contributed by atoms with van der Waals surface area (Å²) < 4.78 is 7.47. The molecule has 132 valence electrons. The third-order valence-electron chi connectivity index (χ3n) is 4.62. The van der Waals surface area contributed by atoms with Crippen LogP contribution in [0.1, 0.15) is 28.9 Å². The SMILES string of the molecule is CC(NC(=O)c1cn2c3c(ccc(Cl)c3c1=O)OCC2)c1ccccc1. The maximum absolute atomic E-state index is 12.9. The van der Waals surface area contributed by atoms with Crippen LogP contribution in [-0.2, 0) is 6.54 Å². The minimum atomic E-state index is -0.412. The van der Waals surface area contributed by atoms with E-state index in [-0.39, 0.29) is 17.0 Å². The number of rotatable bonds is 3. The lowest BCUT2D eigenvalue weighted by molar-refractivity contribution is 0.0938. The first-order valence-electron chi connectivity index (χ1n) is 8.40. The number of nitrogens with one attached hydrogen (secondary N) is 1. The number of hydrogen-bond donors (Lipinski definition) is 1. The van der Waals surface area contributed by atoms with E-state index in [4.69, 9.17) is 16.3 Å². The Bertz CT molecular complexity index is 1060. The molecule has 0 spiro atoms. The van der Waals surface area contributed by atoms with Gasteiger partial charge in [0.15, 0.2) is 0 Å². The Labute approximate surface area is 155 Å². The van der Waals surface area contributed by atoms with Gasteiger partial charge < -0.3 is 14.6 Å². The van der Waals surface area contributed by atoms with Crippen LogP contribution in [0.5, 0.6) is 5.75 Å². The van der Waals surface area contributed by atoms with E-state index in [2.05, 4.69) is 5.32 Å². The highest BCUT2D eigenvalue weighted by atomic mass is 35.5. The van der Waals surface area contributed by atoms with E-state index in [1.807, 2.05) is 41.8 Å². The number of carbonyl (C=O) groups excluding carboxylic acids is 1. The van der Waals surface area contributed by atoms with Crippen molar-refractivity contribution in [3.63, 3.8) is 0 Å². The summed E-state index contributed by atoms with van der Waals surface area (Å²) in [6, 6.07) is 12.8. The van der Waals surface area contributed by atoms with E-state index in [1.165, 1.54) is 0 Å². The molecule has 6 heteroatoms. The number of amides is 1. The van der Waals surface area contributed by atoms with E-state index >= 15 is 0 Å². The van der Waals surface area contributed by atoms with Crippen LogP contribution in [0.4, 0.5) is 0 Å². The maximum Gasteiger partial charge on any atom is 0.257 e. The van der Waals surface area contributed by atoms with Crippen LogP contribution >= 0.6 is 11.6 Å². The molecule has 1 atom stereocenters. The Balaban J connectivity index is 1.78. The van der Waals surface area contributed by atoms with Crippen LogP contribution in [0.15, 0.2) is 53.5 Å². The van der Waals surface area contributed by atoms with Crippen molar-refractivity contribution in [1.82, 2.24) is 9.88 Å². The summed E-state index contributed by atoms with van der Waals surface area (Å²) in [7, 11) is 0. The van der Waals surface area contributed by atoms with Gasteiger partial charge in [0.2, 0.25) is 5.43 Å². The zero-order valence-electron chi connectivity index (χ0n) is 14.2. The second kappa shape index (κ2) is 6.50. The van der Waals surface area contributed by atoms with Gasteiger partial charge in [-0.1, -0.05) is 41.9 Å². The molecule has 0 saturated heterocycles. The van der Waals surface area contributed by atoms with E-state index in [0.717, 1.165) is 5.56 Å². The Hall–Kier alpha value is -2.79. The quantitative estimate of drug-likeness (QED) is 0.769. The molecule has 26 heavy (non-hydrogen) atoms. The van der Waals surface area contributed by atoms with Crippen LogP contribution in [0.3, 0.4) is 0 Å². The van der Waals surface area contributed by atoms with Crippen molar-refractivity contribution in [3.8, 4) is 5.75 Å². The van der Waals surface area contributed by atoms with Crippen molar-refractivity contribution in [2.45, 2.75) is 19.5 Å². The number of ether oxygens (including phenoxy) is 1. The Morgan fingerprint density at radius 2 is 2.00 bits per heavy atom. The highest BCUT2D eigenvalue weighted by molar-refractivity contribution is 6.35. The van der Waals surface area contributed by atoms with E-state index in [1.54, 1.807) is 18.3 Å². The lowest BCUT2D eigenvalue weighted by atomic mass is 10.1. The summed E-state index contributed by atoms with van der Waals surface area (Å²) in [5, 5.41) is 3.54. The third-order valence-corrected chi connectivity index (χ3v) is 4.93. The predicted octanol–water partition coefficient (Wildman–Crippen LogP) is 3.54. The van der Waals surface area contributed by atoms with Gasteiger partial charge in [-0.2, -0.15) is 0 Å². The normalized spacial score (nSPS) is 13.9. The standard InChI is InChI=1S/C20H17ClN2O3/c1-12(13-5-3-2-4-6-13)22-20(25)14-11-23-9-10-26-16-8-7-15(21)17(18(16)23)19(14)24/h2-8,11-12H,9-10H2,1H3,(H,22,25). The molecule has 3 aromatic rings. The Morgan fingerprint density at radius 1 is 1.23 bits per heavy atom. The van der Waals surface area contributed by atoms with E-state index in [0.29, 0.717) is 34.8 Å². The maximum atomic E-state index is 12.9. The molecule has 0 saturated carbocycles. The number of halogens is 1. The fourth-order valence-electron chi connectivity index (χ4n) is 3.27. The molecule has 2 aromatic carbocycles. The number of pyridine rings is 1. The smallest absolute Gasteiger partial charge is 0.257 e. The highest BCUT2D eigenvalue weighted by Crippen LogP contribution is 2.32. The van der Waals surface area contributed by atoms with Gasteiger partial charge in [0.25, 0.3) is 5.91 Å². The van der Waals surface area contributed by atoms with Gasteiger partial charge in [-0.25, -0.2) is 0 Å². The Kier molecular flexibility index (Phi) is 4.17. The van der Waals surface area contributed by atoms with Gasteiger partial charge >= 0.3 is 0 Å². The summed E-state index contributed by atoms with van der Waals surface area (Å²) in [4.78, 5) is 25.7. The molecule has 0 bridgehead atoms. The minimum absolute atomic E-state index is 0.0845. The van der Waals surface area contributed by atoms with Crippen molar-refractivity contribution in [2.24, 2.45) is 0 Å². The molecule has 1 aliphatic heterocycles. The van der Waals surface area contributed by atoms with Crippen molar-refractivity contribution < 1.29 is 9.53 Å². The third kappa shape index (κ3) is 2.74. The summed E-state index contributed by atoms with van der Waals surface area (Å²) in [6.45, 7) is 2.92. The van der Waals surface area contributed by atoms with Gasteiger partial charge in [-0.15, -0.1) is 0 Å². The minimum Gasteiger partial charge on any atom is -0.490 e. The molecule has 5 nitrogen and oxygen atoms in total.